The molecule has 1 aromatic heterocycles. The van der Waals surface area contributed by atoms with Crippen molar-refractivity contribution in [3.05, 3.63) is 83.9 Å². The van der Waals surface area contributed by atoms with Gasteiger partial charge in [-0.15, -0.1) is 0 Å². The molecule has 0 spiro atoms. The fourth-order valence-corrected chi connectivity index (χ4v) is 3.43. The second-order valence-corrected chi connectivity index (χ2v) is 7.53. The second kappa shape index (κ2) is 9.37. The molecule has 0 saturated carbocycles. The van der Waals surface area contributed by atoms with Gasteiger partial charge in [-0.25, -0.2) is 14.5 Å². The van der Waals surface area contributed by atoms with Gasteiger partial charge in [-0.1, -0.05) is 60.7 Å². The van der Waals surface area contributed by atoms with E-state index in [0.29, 0.717) is 12.4 Å². The highest BCUT2D eigenvalue weighted by Gasteiger charge is 2.29. The molecule has 0 fully saturated rings. The van der Waals surface area contributed by atoms with Gasteiger partial charge in [-0.3, -0.25) is 0 Å². The van der Waals surface area contributed by atoms with Crippen LogP contribution in [0.1, 0.15) is 50.8 Å². The molecule has 1 unspecified atom stereocenters. The fraction of sp³-hybridized carbons (Fsp3) is 0.348. The minimum absolute atomic E-state index is 0.0288. The van der Waals surface area contributed by atoms with Gasteiger partial charge < -0.3 is 9.64 Å². The number of carbonyl (C=O) groups is 1. The van der Waals surface area contributed by atoms with E-state index in [4.69, 9.17) is 4.74 Å². The van der Waals surface area contributed by atoms with Gasteiger partial charge in [0.1, 0.15) is 6.33 Å². The first-order valence-electron chi connectivity index (χ1n) is 9.93. The maximum atomic E-state index is 13.0. The van der Waals surface area contributed by atoms with E-state index in [0.717, 1.165) is 11.1 Å². The number of amides is 1. The predicted octanol–water partition coefficient (Wildman–Crippen LogP) is 4.67. The lowest BCUT2D eigenvalue weighted by Crippen LogP contribution is -2.43. The molecule has 0 aliphatic rings. The third kappa shape index (κ3) is 5.02. The summed E-state index contributed by atoms with van der Waals surface area (Å²) in [6, 6.07) is 19.8. The summed E-state index contributed by atoms with van der Waals surface area (Å²) in [5.74, 6) is 0.598. The topological polar surface area (TPSA) is 60.3 Å². The molecule has 1 amide bonds. The number of carbonyl (C=O) groups excluding carboxylic acids is 1. The van der Waals surface area contributed by atoms with E-state index in [1.807, 2.05) is 88.4 Å². The molecule has 1 atom stereocenters. The van der Waals surface area contributed by atoms with Crippen LogP contribution in [0.15, 0.2) is 67.0 Å². The molecule has 0 saturated heterocycles. The van der Waals surface area contributed by atoms with Gasteiger partial charge in [0.2, 0.25) is 0 Å². The maximum absolute atomic E-state index is 13.0. The van der Waals surface area contributed by atoms with E-state index in [-0.39, 0.29) is 18.2 Å². The molecular formula is C23H28N4O2. The van der Waals surface area contributed by atoms with Gasteiger partial charge >= 0.3 is 6.09 Å². The molecule has 29 heavy (non-hydrogen) atoms. The first-order chi connectivity index (χ1) is 14.0. The van der Waals surface area contributed by atoms with Crippen LogP contribution in [0.25, 0.3) is 0 Å². The van der Waals surface area contributed by atoms with Gasteiger partial charge in [-0.05, 0) is 33.3 Å². The highest BCUT2D eigenvalue weighted by atomic mass is 16.6. The Hall–Kier alpha value is -3.15. The third-order valence-electron chi connectivity index (χ3n) is 4.70. The van der Waals surface area contributed by atoms with Crippen molar-refractivity contribution in [2.24, 2.45) is 0 Å². The minimum Gasteiger partial charge on any atom is -0.433 e. The SMILES string of the molecule is CC(C)N(C(=O)OC(c1ccccc1)c1ncnn1Cc1ccccc1)C(C)C. The van der Waals surface area contributed by atoms with Gasteiger partial charge in [0.05, 0.1) is 6.54 Å². The van der Waals surface area contributed by atoms with E-state index < -0.39 is 6.10 Å². The Morgan fingerprint density at radius 2 is 1.55 bits per heavy atom. The lowest BCUT2D eigenvalue weighted by Gasteiger charge is -2.31. The van der Waals surface area contributed by atoms with E-state index in [1.165, 1.54) is 6.33 Å². The highest BCUT2D eigenvalue weighted by Crippen LogP contribution is 2.26. The first kappa shape index (κ1) is 20.6. The van der Waals surface area contributed by atoms with Crippen LogP contribution in [0, 0.1) is 0 Å². The Morgan fingerprint density at radius 3 is 2.14 bits per heavy atom. The van der Waals surface area contributed by atoms with E-state index in [1.54, 1.807) is 9.58 Å². The zero-order valence-corrected chi connectivity index (χ0v) is 17.4. The predicted molar refractivity (Wildman–Crippen MR) is 112 cm³/mol. The zero-order chi connectivity index (χ0) is 20.8. The number of ether oxygens (including phenoxy) is 1. The van der Waals surface area contributed by atoms with Crippen molar-refractivity contribution in [3.8, 4) is 0 Å². The summed E-state index contributed by atoms with van der Waals surface area (Å²) in [7, 11) is 0. The molecule has 2 aromatic carbocycles. The van der Waals surface area contributed by atoms with Gasteiger partial charge in [-0.2, -0.15) is 5.10 Å². The summed E-state index contributed by atoms with van der Waals surface area (Å²) in [5, 5.41) is 4.38. The van der Waals surface area contributed by atoms with Crippen molar-refractivity contribution in [1.82, 2.24) is 19.7 Å². The zero-order valence-electron chi connectivity index (χ0n) is 17.4. The van der Waals surface area contributed by atoms with E-state index in [9.17, 15) is 4.79 Å². The van der Waals surface area contributed by atoms with Crippen molar-refractivity contribution in [1.29, 1.82) is 0 Å². The normalized spacial score (nSPS) is 12.2. The van der Waals surface area contributed by atoms with E-state index >= 15 is 0 Å². The molecule has 0 bridgehead atoms. The summed E-state index contributed by atoms with van der Waals surface area (Å²) in [5.41, 5.74) is 1.96. The van der Waals surface area contributed by atoms with Crippen LogP contribution in [-0.4, -0.2) is 37.8 Å². The Kier molecular flexibility index (Phi) is 6.65. The Morgan fingerprint density at radius 1 is 0.966 bits per heavy atom. The van der Waals surface area contributed by atoms with Crippen LogP contribution >= 0.6 is 0 Å². The molecule has 0 N–H and O–H groups in total. The summed E-state index contributed by atoms with van der Waals surface area (Å²) in [6.07, 6.45) is 0.498. The van der Waals surface area contributed by atoms with E-state index in [2.05, 4.69) is 10.1 Å². The molecule has 1 heterocycles. The minimum atomic E-state index is -0.644. The number of hydrogen-bond acceptors (Lipinski definition) is 4. The fourth-order valence-electron chi connectivity index (χ4n) is 3.43. The number of aromatic nitrogens is 3. The summed E-state index contributed by atoms with van der Waals surface area (Å²) in [4.78, 5) is 19.2. The second-order valence-electron chi connectivity index (χ2n) is 7.53. The average Bonchev–Trinajstić information content (AvgIpc) is 3.15. The van der Waals surface area contributed by atoms with Crippen LogP contribution in [0.4, 0.5) is 4.79 Å². The van der Waals surface area contributed by atoms with Crippen LogP contribution in [0.5, 0.6) is 0 Å². The molecule has 0 radical (unpaired) electrons. The van der Waals surface area contributed by atoms with Crippen LogP contribution in [-0.2, 0) is 11.3 Å². The maximum Gasteiger partial charge on any atom is 0.411 e. The lowest BCUT2D eigenvalue weighted by atomic mass is 10.1. The quantitative estimate of drug-likeness (QED) is 0.586. The molecule has 6 heteroatoms. The summed E-state index contributed by atoms with van der Waals surface area (Å²) >= 11 is 0. The molecule has 3 aromatic rings. The van der Waals surface area contributed by atoms with Crippen molar-refractivity contribution in [3.63, 3.8) is 0 Å². The van der Waals surface area contributed by atoms with Crippen LogP contribution < -0.4 is 0 Å². The largest absolute Gasteiger partial charge is 0.433 e. The van der Waals surface area contributed by atoms with Crippen LogP contribution in [0.3, 0.4) is 0 Å². The average molecular weight is 393 g/mol. The van der Waals surface area contributed by atoms with Gasteiger partial charge in [0, 0.05) is 17.6 Å². The van der Waals surface area contributed by atoms with Crippen molar-refractivity contribution < 1.29 is 9.53 Å². The number of benzene rings is 2. The van der Waals surface area contributed by atoms with Crippen LogP contribution in [0.2, 0.25) is 0 Å². The first-order valence-corrected chi connectivity index (χ1v) is 9.93. The highest BCUT2D eigenvalue weighted by molar-refractivity contribution is 5.69. The molecule has 3 rings (SSSR count). The lowest BCUT2D eigenvalue weighted by molar-refractivity contribution is 0.0538. The van der Waals surface area contributed by atoms with Gasteiger partial charge in [0.25, 0.3) is 0 Å². The summed E-state index contributed by atoms with van der Waals surface area (Å²) < 4.78 is 7.79. The van der Waals surface area contributed by atoms with Crippen molar-refractivity contribution >= 4 is 6.09 Å². The van der Waals surface area contributed by atoms with Crippen molar-refractivity contribution in [2.75, 3.05) is 0 Å². The standard InChI is InChI=1S/C23H28N4O2/c1-17(2)27(18(3)4)23(28)29-21(20-13-9-6-10-14-20)22-24-16-25-26(22)15-19-11-7-5-8-12-19/h5-14,16-18,21H,15H2,1-4H3. The molecule has 6 nitrogen and oxygen atoms in total. The number of hydrogen-bond donors (Lipinski definition) is 0. The monoisotopic (exact) mass is 392 g/mol. The molecule has 152 valence electrons. The third-order valence-corrected chi connectivity index (χ3v) is 4.70. The molecular weight excluding hydrogens is 364 g/mol. The number of nitrogens with zero attached hydrogens (tertiary/aromatic N) is 4. The number of rotatable bonds is 7. The molecule has 0 aliphatic carbocycles. The smallest absolute Gasteiger partial charge is 0.411 e. The summed E-state index contributed by atoms with van der Waals surface area (Å²) in [6.45, 7) is 8.48. The Labute approximate surface area is 172 Å². The van der Waals surface area contributed by atoms with Crippen molar-refractivity contribution in [2.45, 2.75) is 52.4 Å². The Balaban J connectivity index is 1.94. The van der Waals surface area contributed by atoms with Gasteiger partial charge in [0.15, 0.2) is 11.9 Å². The Bertz CT molecular complexity index is 899. The molecule has 0 aliphatic heterocycles.